The fourth-order valence-electron chi connectivity index (χ4n) is 3.99. The number of amides is 2. The van der Waals surface area contributed by atoms with Gasteiger partial charge in [-0.05, 0) is 31.9 Å². The molecule has 0 aliphatic carbocycles. The van der Waals surface area contributed by atoms with Gasteiger partial charge in [0.2, 0.25) is 5.91 Å². The first-order valence-electron chi connectivity index (χ1n) is 8.60. The van der Waals surface area contributed by atoms with Gasteiger partial charge in [-0.25, -0.2) is 4.98 Å². The number of carbonyl (C=O) groups excluding carboxylic acids is 2. The topological polar surface area (TPSA) is 71.3 Å². The normalized spacial score (nSPS) is 23.0. The van der Waals surface area contributed by atoms with Crippen molar-refractivity contribution in [3.05, 3.63) is 42.0 Å². The van der Waals surface area contributed by atoms with Crippen LogP contribution in [0.15, 0.2) is 30.6 Å². The molecule has 25 heavy (non-hydrogen) atoms. The summed E-state index contributed by atoms with van der Waals surface area (Å²) in [6, 6.07) is 5.55. The third-order valence-electron chi connectivity index (χ3n) is 5.10. The average molecular weight is 339 g/mol. The molecule has 0 bridgehead atoms. The molecule has 0 aromatic carbocycles. The Morgan fingerprint density at radius 2 is 2.08 bits per heavy atom. The predicted molar refractivity (Wildman–Crippen MR) is 92.1 cm³/mol. The van der Waals surface area contributed by atoms with Crippen LogP contribution in [0.5, 0.6) is 0 Å². The zero-order valence-electron chi connectivity index (χ0n) is 14.4. The summed E-state index contributed by atoms with van der Waals surface area (Å²) >= 11 is 0. The minimum Gasteiger partial charge on any atom is -0.332 e. The van der Waals surface area contributed by atoms with E-state index in [4.69, 9.17) is 0 Å². The second kappa shape index (κ2) is 5.98. The minimum absolute atomic E-state index is 0.0132. The molecule has 7 nitrogen and oxygen atoms in total. The summed E-state index contributed by atoms with van der Waals surface area (Å²) in [5.41, 5.74) is 2.12. The van der Waals surface area contributed by atoms with Gasteiger partial charge < -0.3 is 9.80 Å². The van der Waals surface area contributed by atoms with Gasteiger partial charge in [0.05, 0.1) is 24.0 Å². The van der Waals surface area contributed by atoms with Crippen LogP contribution in [0, 0.1) is 6.92 Å². The van der Waals surface area contributed by atoms with E-state index in [1.165, 1.54) is 0 Å². The van der Waals surface area contributed by atoms with E-state index in [0.29, 0.717) is 25.1 Å². The highest BCUT2D eigenvalue weighted by molar-refractivity contribution is 5.97. The molecule has 2 aromatic rings. The second-order valence-electron chi connectivity index (χ2n) is 6.76. The first-order chi connectivity index (χ1) is 12.0. The number of rotatable bonds is 2. The fraction of sp³-hybridized carbons (Fsp3) is 0.444. The van der Waals surface area contributed by atoms with E-state index in [-0.39, 0.29) is 23.9 Å². The lowest BCUT2D eigenvalue weighted by molar-refractivity contribution is -0.120. The molecule has 2 amide bonds. The maximum Gasteiger partial charge on any atom is 0.272 e. The Morgan fingerprint density at radius 3 is 2.80 bits per heavy atom. The molecule has 2 aliphatic heterocycles. The summed E-state index contributed by atoms with van der Waals surface area (Å²) in [5.74, 6) is 0.0638. The van der Waals surface area contributed by atoms with Gasteiger partial charge in [0, 0.05) is 31.9 Å². The Morgan fingerprint density at radius 1 is 1.24 bits per heavy atom. The van der Waals surface area contributed by atoms with Crippen molar-refractivity contribution in [1.82, 2.24) is 19.7 Å². The van der Waals surface area contributed by atoms with Gasteiger partial charge in [0.1, 0.15) is 5.69 Å². The van der Waals surface area contributed by atoms with Crippen molar-refractivity contribution in [1.29, 1.82) is 0 Å². The SMILES string of the molecule is Cc1cccc(C(=O)N2CC[C@@H]3[C@H]2CCC(=O)N3c2cnn(C)c2)n1. The van der Waals surface area contributed by atoms with E-state index in [1.807, 2.05) is 42.1 Å². The number of hydrogen-bond acceptors (Lipinski definition) is 4. The summed E-state index contributed by atoms with van der Waals surface area (Å²) in [6.45, 7) is 2.53. The average Bonchev–Trinajstić information content (AvgIpc) is 3.20. The van der Waals surface area contributed by atoms with Crippen LogP contribution in [-0.4, -0.2) is 50.1 Å². The van der Waals surface area contributed by atoms with Crippen molar-refractivity contribution in [2.24, 2.45) is 7.05 Å². The molecule has 2 aliphatic rings. The molecule has 2 saturated heterocycles. The van der Waals surface area contributed by atoms with E-state index < -0.39 is 0 Å². The van der Waals surface area contributed by atoms with E-state index in [9.17, 15) is 9.59 Å². The lowest BCUT2D eigenvalue weighted by Gasteiger charge is -2.38. The number of nitrogens with zero attached hydrogens (tertiary/aromatic N) is 5. The third-order valence-corrected chi connectivity index (χ3v) is 5.10. The number of anilines is 1. The molecule has 2 atom stereocenters. The van der Waals surface area contributed by atoms with Crippen LogP contribution < -0.4 is 4.90 Å². The molecular formula is C18H21N5O2. The van der Waals surface area contributed by atoms with Crippen LogP contribution in [0.4, 0.5) is 5.69 Å². The van der Waals surface area contributed by atoms with Crippen molar-refractivity contribution < 1.29 is 9.59 Å². The molecule has 2 aromatic heterocycles. The zero-order valence-corrected chi connectivity index (χ0v) is 14.4. The molecule has 0 saturated carbocycles. The number of aromatic nitrogens is 3. The van der Waals surface area contributed by atoms with Crippen LogP contribution in [0.1, 0.15) is 35.4 Å². The van der Waals surface area contributed by atoms with Gasteiger partial charge in [0.25, 0.3) is 5.91 Å². The Labute approximate surface area is 146 Å². The maximum atomic E-state index is 12.9. The zero-order chi connectivity index (χ0) is 17.6. The number of pyridine rings is 1. The number of carbonyl (C=O) groups is 2. The standard InChI is InChI=1S/C18H21N5O2/c1-12-4-3-5-14(20-12)18(25)22-9-8-16-15(22)6-7-17(24)23(16)13-10-19-21(2)11-13/h3-5,10-11,15-16H,6-9H2,1-2H3/t15-,16-/m1/s1. The first-order valence-corrected chi connectivity index (χ1v) is 8.60. The van der Waals surface area contributed by atoms with Gasteiger partial charge in [0.15, 0.2) is 0 Å². The van der Waals surface area contributed by atoms with Gasteiger partial charge in [-0.2, -0.15) is 5.10 Å². The first kappa shape index (κ1) is 15.8. The van der Waals surface area contributed by atoms with Crippen molar-refractivity contribution in [2.45, 2.75) is 38.3 Å². The molecule has 7 heteroatoms. The molecule has 0 unspecified atom stereocenters. The van der Waals surface area contributed by atoms with E-state index in [0.717, 1.165) is 17.8 Å². The molecule has 0 radical (unpaired) electrons. The number of hydrogen-bond donors (Lipinski definition) is 0. The lowest BCUT2D eigenvalue weighted by Crippen LogP contribution is -2.53. The van der Waals surface area contributed by atoms with Gasteiger partial charge in [-0.3, -0.25) is 14.3 Å². The van der Waals surface area contributed by atoms with Crippen LogP contribution >= 0.6 is 0 Å². The summed E-state index contributed by atoms with van der Waals surface area (Å²) in [5, 5.41) is 4.18. The maximum absolute atomic E-state index is 12.9. The third kappa shape index (κ3) is 2.69. The smallest absolute Gasteiger partial charge is 0.272 e. The molecular weight excluding hydrogens is 318 g/mol. The molecule has 0 spiro atoms. The van der Waals surface area contributed by atoms with E-state index >= 15 is 0 Å². The van der Waals surface area contributed by atoms with E-state index in [1.54, 1.807) is 16.9 Å². The van der Waals surface area contributed by atoms with Crippen molar-refractivity contribution >= 4 is 17.5 Å². The summed E-state index contributed by atoms with van der Waals surface area (Å²) in [4.78, 5) is 33.5. The Hall–Kier alpha value is -2.70. The van der Waals surface area contributed by atoms with Crippen LogP contribution in [0.25, 0.3) is 0 Å². The highest BCUT2D eigenvalue weighted by Crippen LogP contribution is 2.35. The largest absolute Gasteiger partial charge is 0.332 e. The Bertz CT molecular complexity index is 830. The number of fused-ring (bicyclic) bond motifs is 1. The van der Waals surface area contributed by atoms with E-state index in [2.05, 4.69) is 10.1 Å². The monoisotopic (exact) mass is 339 g/mol. The Kier molecular flexibility index (Phi) is 3.78. The Balaban J connectivity index is 1.61. The molecule has 2 fully saturated rings. The van der Waals surface area contributed by atoms with Gasteiger partial charge >= 0.3 is 0 Å². The summed E-state index contributed by atoms with van der Waals surface area (Å²) in [7, 11) is 1.84. The lowest BCUT2D eigenvalue weighted by atomic mass is 9.95. The highest BCUT2D eigenvalue weighted by atomic mass is 16.2. The number of piperidine rings is 1. The fourth-order valence-corrected chi connectivity index (χ4v) is 3.99. The van der Waals surface area contributed by atoms with Crippen LogP contribution in [0.2, 0.25) is 0 Å². The van der Waals surface area contributed by atoms with Crippen LogP contribution in [-0.2, 0) is 11.8 Å². The number of aryl methyl sites for hydroxylation is 2. The van der Waals surface area contributed by atoms with Crippen molar-refractivity contribution in [3.8, 4) is 0 Å². The van der Waals surface area contributed by atoms with Gasteiger partial charge in [-0.15, -0.1) is 0 Å². The quantitative estimate of drug-likeness (QED) is 0.832. The summed E-state index contributed by atoms with van der Waals surface area (Å²) < 4.78 is 1.70. The van der Waals surface area contributed by atoms with Crippen molar-refractivity contribution in [2.75, 3.05) is 11.4 Å². The van der Waals surface area contributed by atoms with Gasteiger partial charge in [-0.1, -0.05) is 6.07 Å². The minimum atomic E-state index is -0.0447. The number of likely N-dealkylation sites (tertiary alicyclic amines) is 1. The van der Waals surface area contributed by atoms with Crippen molar-refractivity contribution in [3.63, 3.8) is 0 Å². The predicted octanol–water partition coefficient (Wildman–Crippen LogP) is 1.53. The molecule has 0 N–H and O–H groups in total. The summed E-state index contributed by atoms with van der Waals surface area (Å²) in [6.07, 6.45) is 5.50. The second-order valence-corrected chi connectivity index (χ2v) is 6.76. The molecule has 130 valence electrons. The molecule has 4 heterocycles. The molecule has 4 rings (SSSR count). The van der Waals surface area contributed by atoms with Crippen LogP contribution in [0.3, 0.4) is 0 Å². The highest BCUT2D eigenvalue weighted by Gasteiger charge is 2.46.